The molecule has 140 valence electrons. The standard InChI is InChI=1S/C21H23N3O3/c1-3-18-13-24(21(25)26-14-15-7-5-4-6-8-15)12-17-9-16-11-22-23(2)19(16)10-20(17)27-18/h4-11,18H,3,12-14H2,1-2H3/t18-/m1/s1. The first-order valence-electron chi connectivity index (χ1n) is 9.21. The molecule has 1 atom stereocenters. The van der Waals surface area contributed by atoms with Crippen molar-refractivity contribution < 1.29 is 14.3 Å². The Labute approximate surface area is 158 Å². The normalized spacial score (nSPS) is 16.5. The number of amides is 1. The molecule has 1 amide bonds. The van der Waals surface area contributed by atoms with E-state index in [4.69, 9.17) is 9.47 Å². The van der Waals surface area contributed by atoms with Gasteiger partial charge in [-0.2, -0.15) is 5.10 Å². The molecule has 0 unspecified atom stereocenters. The third-order valence-electron chi connectivity index (χ3n) is 4.93. The molecule has 1 aliphatic rings. The average Bonchev–Trinajstić information content (AvgIpc) is 2.94. The minimum Gasteiger partial charge on any atom is -0.488 e. The van der Waals surface area contributed by atoms with E-state index in [0.717, 1.165) is 34.2 Å². The van der Waals surface area contributed by atoms with Crippen LogP contribution in [0.2, 0.25) is 0 Å². The summed E-state index contributed by atoms with van der Waals surface area (Å²) in [6, 6.07) is 13.8. The molecule has 6 nitrogen and oxygen atoms in total. The number of nitrogens with zero attached hydrogens (tertiary/aromatic N) is 3. The first-order valence-corrected chi connectivity index (χ1v) is 9.21. The van der Waals surface area contributed by atoms with E-state index in [2.05, 4.69) is 12.0 Å². The largest absolute Gasteiger partial charge is 0.488 e. The molecule has 0 saturated carbocycles. The predicted octanol–water partition coefficient (Wildman–Crippen LogP) is 3.88. The van der Waals surface area contributed by atoms with E-state index in [1.807, 2.05) is 60.4 Å². The second-order valence-electron chi connectivity index (χ2n) is 6.86. The quantitative estimate of drug-likeness (QED) is 0.707. The summed E-state index contributed by atoms with van der Waals surface area (Å²) < 4.78 is 13.6. The van der Waals surface area contributed by atoms with E-state index < -0.39 is 0 Å². The second-order valence-corrected chi connectivity index (χ2v) is 6.86. The SMILES string of the molecule is CC[C@@H]1CN(C(=O)OCc2ccccc2)Cc2cc3cnn(C)c3cc2O1. The van der Waals surface area contributed by atoms with Gasteiger partial charge < -0.3 is 14.4 Å². The van der Waals surface area contributed by atoms with Crippen molar-refractivity contribution in [3.8, 4) is 5.75 Å². The Morgan fingerprint density at radius 2 is 2.11 bits per heavy atom. The first kappa shape index (κ1) is 17.4. The summed E-state index contributed by atoms with van der Waals surface area (Å²) in [5.41, 5.74) is 2.97. The van der Waals surface area contributed by atoms with E-state index >= 15 is 0 Å². The summed E-state index contributed by atoms with van der Waals surface area (Å²) in [5.74, 6) is 0.816. The average molecular weight is 365 g/mol. The van der Waals surface area contributed by atoms with Gasteiger partial charge in [0, 0.05) is 24.1 Å². The zero-order valence-corrected chi connectivity index (χ0v) is 15.6. The van der Waals surface area contributed by atoms with E-state index in [1.165, 1.54) is 0 Å². The van der Waals surface area contributed by atoms with Gasteiger partial charge >= 0.3 is 6.09 Å². The number of hydrogen-bond acceptors (Lipinski definition) is 4. The number of aromatic nitrogens is 2. The van der Waals surface area contributed by atoms with Crippen molar-refractivity contribution in [3.63, 3.8) is 0 Å². The van der Waals surface area contributed by atoms with Crippen LogP contribution in [0.5, 0.6) is 5.75 Å². The zero-order chi connectivity index (χ0) is 18.8. The number of carbonyl (C=O) groups excluding carboxylic acids is 1. The number of fused-ring (bicyclic) bond motifs is 2. The predicted molar refractivity (Wildman–Crippen MR) is 102 cm³/mol. The molecule has 0 spiro atoms. The Kier molecular flexibility index (Phi) is 4.71. The van der Waals surface area contributed by atoms with E-state index in [9.17, 15) is 4.79 Å². The molecule has 0 radical (unpaired) electrons. The van der Waals surface area contributed by atoms with Crippen LogP contribution < -0.4 is 4.74 Å². The minimum atomic E-state index is -0.319. The highest BCUT2D eigenvalue weighted by Crippen LogP contribution is 2.31. The summed E-state index contributed by atoms with van der Waals surface area (Å²) in [6.45, 7) is 3.30. The molecule has 4 rings (SSSR count). The Balaban J connectivity index is 1.56. The molecule has 0 bridgehead atoms. The number of carbonyl (C=O) groups is 1. The molecule has 1 aliphatic heterocycles. The Hall–Kier alpha value is -3.02. The Bertz CT molecular complexity index is 952. The number of aryl methyl sites for hydroxylation is 1. The first-order chi connectivity index (χ1) is 13.1. The topological polar surface area (TPSA) is 56.6 Å². The maximum atomic E-state index is 12.7. The molecule has 0 aliphatic carbocycles. The highest BCUT2D eigenvalue weighted by atomic mass is 16.6. The fourth-order valence-electron chi connectivity index (χ4n) is 3.36. The summed E-state index contributed by atoms with van der Waals surface area (Å²) in [6.07, 6.45) is 2.25. The number of ether oxygens (including phenoxy) is 2. The monoisotopic (exact) mass is 365 g/mol. The lowest BCUT2D eigenvalue weighted by Gasteiger charge is -2.22. The van der Waals surface area contributed by atoms with Crippen LogP contribution in [0.4, 0.5) is 4.79 Å². The summed E-state index contributed by atoms with van der Waals surface area (Å²) in [7, 11) is 1.91. The summed E-state index contributed by atoms with van der Waals surface area (Å²) >= 11 is 0. The molecular weight excluding hydrogens is 342 g/mol. The number of rotatable bonds is 3. The van der Waals surface area contributed by atoms with Gasteiger partial charge in [0.05, 0.1) is 24.8 Å². The zero-order valence-electron chi connectivity index (χ0n) is 15.6. The van der Waals surface area contributed by atoms with Gasteiger partial charge in [0.2, 0.25) is 0 Å². The van der Waals surface area contributed by atoms with Gasteiger partial charge in [-0.25, -0.2) is 4.79 Å². The van der Waals surface area contributed by atoms with Gasteiger partial charge in [-0.05, 0) is 18.1 Å². The lowest BCUT2D eigenvalue weighted by atomic mass is 10.1. The highest BCUT2D eigenvalue weighted by Gasteiger charge is 2.27. The van der Waals surface area contributed by atoms with Crippen molar-refractivity contribution in [2.24, 2.45) is 7.05 Å². The highest BCUT2D eigenvalue weighted by molar-refractivity contribution is 5.81. The second kappa shape index (κ2) is 7.31. The lowest BCUT2D eigenvalue weighted by molar-refractivity contribution is 0.0786. The molecule has 0 saturated heterocycles. The van der Waals surface area contributed by atoms with Crippen molar-refractivity contribution in [2.75, 3.05) is 6.54 Å². The van der Waals surface area contributed by atoms with E-state index in [0.29, 0.717) is 13.1 Å². The smallest absolute Gasteiger partial charge is 0.410 e. The van der Waals surface area contributed by atoms with Crippen LogP contribution in [0, 0.1) is 0 Å². The summed E-state index contributed by atoms with van der Waals surface area (Å²) in [4.78, 5) is 14.4. The van der Waals surface area contributed by atoms with Crippen LogP contribution in [-0.2, 0) is 24.9 Å². The van der Waals surface area contributed by atoms with Gasteiger partial charge in [-0.15, -0.1) is 0 Å². The molecule has 3 aromatic rings. The van der Waals surface area contributed by atoms with Gasteiger partial charge in [0.1, 0.15) is 18.5 Å². The van der Waals surface area contributed by atoms with Crippen LogP contribution >= 0.6 is 0 Å². The van der Waals surface area contributed by atoms with Gasteiger partial charge in [-0.1, -0.05) is 37.3 Å². The van der Waals surface area contributed by atoms with Crippen molar-refractivity contribution in [1.82, 2.24) is 14.7 Å². The van der Waals surface area contributed by atoms with Crippen molar-refractivity contribution in [1.29, 1.82) is 0 Å². The van der Waals surface area contributed by atoms with Crippen molar-refractivity contribution >= 4 is 17.0 Å². The van der Waals surface area contributed by atoms with Crippen LogP contribution in [0.25, 0.3) is 10.9 Å². The Morgan fingerprint density at radius 3 is 2.89 bits per heavy atom. The lowest BCUT2D eigenvalue weighted by Crippen LogP contribution is -2.37. The van der Waals surface area contributed by atoms with E-state index in [1.54, 1.807) is 4.90 Å². The van der Waals surface area contributed by atoms with Gasteiger partial charge in [0.25, 0.3) is 0 Å². The summed E-state index contributed by atoms with van der Waals surface area (Å²) in [5, 5.41) is 5.34. The fourth-order valence-corrected chi connectivity index (χ4v) is 3.36. The molecule has 2 aromatic carbocycles. The molecule has 6 heteroatoms. The number of benzene rings is 2. The maximum absolute atomic E-state index is 12.7. The minimum absolute atomic E-state index is 0.0683. The van der Waals surface area contributed by atoms with Crippen molar-refractivity contribution in [2.45, 2.75) is 32.6 Å². The molecule has 0 fully saturated rings. The molecule has 2 heterocycles. The maximum Gasteiger partial charge on any atom is 0.410 e. The molecule has 0 N–H and O–H groups in total. The van der Waals surface area contributed by atoms with Gasteiger partial charge in [0.15, 0.2) is 0 Å². The van der Waals surface area contributed by atoms with Crippen LogP contribution in [0.1, 0.15) is 24.5 Å². The van der Waals surface area contributed by atoms with Crippen LogP contribution in [0.15, 0.2) is 48.7 Å². The van der Waals surface area contributed by atoms with Gasteiger partial charge in [-0.3, -0.25) is 4.68 Å². The third kappa shape index (κ3) is 3.60. The molecule has 1 aromatic heterocycles. The molecular formula is C21H23N3O3. The van der Waals surface area contributed by atoms with E-state index in [-0.39, 0.29) is 18.8 Å². The fraction of sp³-hybridized carbons (Fsp3) is 0.333. The number of hydrogen-bond donors (Lipinski definition) is 0. The molecule has 27 heavy (non-hydrogen) atoms. The van der Waals surface area contributed by atoms with Crippen LogP contribution in [-0.4, -0.2) is 33.4 Å². The van der Waals surface area contributed by atoms with Crippen LogP contribution in [0.3, 0.4) is 0 Å². The Morgan fingerprint density at radius 1 is 1.30 bits per heavy atom. The third-order valence-corrected chi connectivity index (χ3v) is 4.93. The van der Waals surface area contributed by atoms with Crippen molar-refractivity contribution in [3.05, 3.63) is 59.8 Å².